The third-order valence-corrected chi connectivity index (χ3v) is 4.63. The van der Waals surface area contributed by atoms with Gasteiger partial charge in [0.2, 0.25) is 5.78 Å². The monoisotopic (exact) mass is 385 g/mol. The Bertz CT molecular complexity index is 886. The van der Waals surface area contributed by atoms with Crippen molar-refractivity contribution in [2.45, 2.75) is 13.0 Å². The molecule has 3 rings (SSSR count). The molecular weight excluding hydrogens is 360 g/mol. The van der Waals surface area contributed by atoms with E-state index in [1.165, 1.54) is 17.2 Å². The fraction of sp³-hybridized carbons (Fsp3) is 0.333. The number of aliphatic hydroxyl groups excluding tert-OH is 1. The summed E-state index contributed by atoms with van der Waals surface area (Å²) in [5, 5.41) is 10.6. The van der Waals surface area contributed by atoms with Crippen LogP contribution in [0.15, 0.2) is 58.4 Å². The molecule has 7 heteroatoms. The lowest BCUT2D eigenvalue weighted by Crippen LogP contribution is -3.06. The number of nitrogens with one attached hydrogen (secondary N) is 1. The van der Waals surface area contributed by atoms with Crippen molar-refractivity contribution in [3.63, 3.8) is 0 Å². The van der Waals surface area contributed by atoms with Crippen molar-refractivity contribution in [2.24, 2.45) is 0 Å². The third kappa shape index (κ3) is 3.80. The minimum atomic E-state index is -0.704. The second-order valence-electron chi connectivity index (χ2n) is 6.93. The molecule has 1 amide bonds. The van der Waals surface area contributed by atoms with Gasteiger partial charge in [0, 0.05) is 0 Å². The molecular formula is C21H25N2O5+. The average molecular weight is 385 g/mol. The Morgan fingerprint density at radius 2 is 2.07 bits per heavy atom. The van der Waals surface area contributed by atoms with Crippen LogP contribution in [0.2, 0.25) is 0 Å². The molecule has 1 aromatic carbocycles. The number of aliphatic hydroxyl groups is 1. The maximum atomic E-state index is 13.0. The largest absolute Gasteiger partial charge is 0.503 e. The zero-order chi connectivity index (χ0) is 20.3. The summed E-state index contributed by atoms with van der Waals surface area (Å²) in [7, 11) is 3.96. The highest BCUT2D eigenvalue weighted by atomic mass is 16.5. The minimum absolute atomic E-state index is 0.0300. The molecule has 148 valence electrons. The quantitative estimate of drug-likeness (QED) is 0.671. The van der Waals surface area contributed by atoms with E-state index >= 15 is 0 Å². The van der Waals surface area contributed by atoms with Gasteiger partial charge in [0.05, 0.1) is 51.7 Å². The molecule has 2 N–H and O–H groups in total. The maximum Gasteiger partial charge on any atom is 0.290 e. The molecule has 28 heavy (non-hydrogen) atoms. The number of ketones is 1. The van der Waals surface area contributed by atoms with Gasteiger partial charge in [-0.25, -0.2) is 0 Å². The zero-order valence-corrected chi connectivity index (χ0v) is 16.3. The van der Waals surface area contributed by atoms with Crippen LogP contribution >= 0.6 is 0 Å². The Morgan fingerprint density at radius 3 is 2.71 bits per heavy atom. The number of benzene rings is 1. The lowest BCUT2D eigenvalue weighted by molar-refractivity contribution is -0.857. The Morgan fingerprint density at radius 1 is 1.29 bits per heavy atom. The Balaban J connectivity index is 2.05. The number of quaternary nitrogens is 1. The summed E-state index contributed by atoms with van der Waals surface area (Å²) in [6.45, 7) is 3.45. The molecule has 2 heterocycles. The van der Waals surface area contributed by atoms with Crippen molar-refractivity contribution in [1.82, 2.24) is 4.90 Å². The third-order valence-electron chi connectivity index (χ3n) is 4.63. The number of furan rings is 1. The second-order valence-corrected chi connectivity index (χ2v) is 6.93. The van der Waals surface area contributed by atoms with Crippen LogP contribution in [0.5, 0.6) is 5.75 Å². The van der Waals surface area contributed by atoms with Crippen LogP contribution in [0.4, 0.5) is 0 Å². The van der Waals surface area contributed by atoms with Crippen molar-refractivity contribution in [1.29, 1.82) is 0 Å². The summed E-state index contributed by atoms with van der Waals surface area (Å²) < 4.78 is 10.8. The Hall–Kier alpha value is -3.06. The van der Waals surface area contributed by atoms with Gasteiger partial charge in [-0.15, -0.1) is 0 Å². The molecule has 0 saturated carbocycles. The van der Waals surface area contributed by atoms with E-state index in [1.807, 2.05) is 39.2 Å². The Labute approximate surface area is 163 Å². The molecule has 1 atom stereocenters. The first-order valence-electron chi connectivity index (χ1n) is 9.28. The standard InChI is InChI=1S/C21H24N2O5/c1-4-27-15-8-5-7-14(13-15)18-17(19(24)16-9-6-12-28-16)20(25)21(26)23(18)11-10-22(2)3/h5-9,12-13,18,25H,4,10-11H2,1-3H3/p+1/t18-/m0/s1. The van der Waals surface area contributed by atoms with Crippen LogP contribution in [0.1, 0.15) is 29.1 Å². The van der Waals surface area contributed by atoms with Gasteiger partial charge < -0.3 is 24.1 Å². The maximum absolute atomic E-state index is 13.0. The first-order chi connectivity index (χ1) is 13.4. The van der Waals surface area contributed by atoms with Crippen LogP contribution in [-0.2, 0) is 4.79 Å². The summed E-state index contributed by atoms with van der Waals surface area (Å²) in [6.07, 6.45) is 1.39. The fourth-order valence-corrected chi connectivity index (χ4v) is 3.29. The number of hydrogen-bond donors (Lipinski definition) is 2. The van der Waals surface area contributed by atoms with Crippen molar-refractivity contribution in [3.8, 4) is 5.75 Å². The number of rotatable bonds is 8. The van der Waals surface area contributed by atoms with Gasteiger partial charge >= 0.3 is 0 Å². The van der Waals surface area contributed by atoms with Crippen molar-refractivity contribution in [2.75, 3.05) is 33.8 Å². The van der Waals surface area contributed by atoms with E-state index in [9.17, 15) is 14.7 Å². The highest BCUT2D eigenvalue weighted by Gasteiger charge is 2.44. The number of ether oxygens (including phenoxy) is 1. The lowest BCUT2D eigenvalue weighted by Gasteiger charge is -2.27. The molecule has 0 spiro atoms. The first kappa shape index (κ1) is 19.7. The van der Waals surface area contributed by atoms with E-state index in [-0.39, 0.29) is 11.3 Å². The van der Waals surface area contributed by atoms with E-state index < -0.39 is 23.5 Å². The van der Waals surface area contributed by atoms with Gasteiger partial charge in [-0.3, -0.25) is 9.59 Å². The number of carbonyl (C=O) groups is 2. The van der Waals surface area contributed by atoms with Gasteiger partial charge in [-0.05, 0) is 36.8 Å². The van der Waals surface area contributed by atoms with Crippen LogP contribution < -0.4 is 9.64 Å². The van der Waals surface area contributed by atoms with Crippen LogP contribution in [0.25, 0.3) is 0 Å². The van der Waals surface area contributed by atoms with Crippen LogP contribution in [0, 0.1) is 0 Å². The first-order valence-corrected chi connectivity index (χ1v) is 9.28. The topological polar surface area (TPSA) is 84.4 Å². The van der Waals surface area contributed by atoms with Crippen molar-refractivity contribution in [3.05, 3.63) is 65.3 Å². The zero-order valence-electron chi connectivity index (χ0n) is 16.3. The highest BCUT2D eigenvalue weighted by Crippen LogP contribution is 2.39. The van der Waals surface area contributed by atoms with Gasteiger partial charge in [-0.1, -0.05) is 12.1 Å². The SMILES string of the molecule is CCOc1cccc([C@H]2C(C(=O)c3ccco3)=C(O)C(=O)N2CC[NH+](C)C)c1. The summed E-state index contributed by atoms with van der Waals surface area (Å²) in [4.78, 5) is 28.5. The molecule has 0 unspecified atom stereocenters. The molecule has 2 aromatic rings. The van der Waals surface area contributed by atoms with Gasteiger partial charge in [0.1, 0.15) is 5.75 Å². The van der Waals surface area contributed by atoms with Crippen molar-refractivity contribution >= 4 is 11.7 Å². The van der Waals surface area contributed by atoms with Crippen molar-refractivity contribution < 1.29 is 28.7 Å². The molecule has 0 fully saturated rings. The van der Waals surface area contributed by atoms with E-state index in [1.54, 1.807) is 12.1 Å². The predicted molar refractivity (Wildman–Crippen MR) is 102 cm³/mol. The van der Waals surface area contributed by atoms with Crippen LogP contribution in [-0.4, -0.2) is 55.5 Å². The van der Waals surface area contributed by atoms with Gasteiger partial charge in [-0.2, -0.15) is 0 Å². The Kier molecular flexibility index (Phi) is 5.84. The molecule has 1 aliphatic heterocycles. The minimum Gasteiger partial charge on any atom is -0.503 e. The van der Waals surface area contributed by atoms with E-state index in [0.717, 1.165) is 4.90 Å². The number of amides is 1. The van der Waals surface area contributed by atoms with Gasteiger partial charge in [0.25, 0.3) is 5.91 Å². The lowest BCUT2D eigenvalue weighted by atomic mass is 9.95. The number of nitrogens with zero attached hydrogens (tertiary/aromatic N) is 1. The summed E-state index contributed by atoms with van der Waals surface area (Å²) in [6, 6.07) is 9.66. The van der Waals surface area contributed by atoms with E-state index in [4.69, 9.17) is 9.15 Å². The summed E-state index contributed by atoms with van der Waals surface area (Å²) >= 11 is 0. The average Bonchev–Trinajstić information content (AvgIpc) is 3.28. The molecule has 7 nitrogen and oxygen atoms in total. The molecule has 0 aliphatic carbocycles. The molecule has 1 aromatic heterocycles. The smallest absolute Gasteiger partial charge is 0.290 e. The number of carbonyl (C=O) groups excluding carboxylic acids is 2. The van der Waals surface area contributed by atoms with E-state index in [0.29, 0.717) is 31.0 Å². The predicted octanol–water partition coefficient (Wildman–Crippen LogP) is 1.40. The molecule has 0 radical (unpaired) electrons. The second kappa shape index (κ2) is 8.31. The molecule has 0 bridgehead atoms. The highest BCUT2D eigenvalue weighted by molar-refractivity contribution is 6.15. The van der Waals surface area contributed by atoms with Gasteiger partial charge in [0.15, 0.2) is 11.5 Å². The normalized spacial score (nSPS) is 16.9. The summed E-state index contributed by atoms with van der Waals surface area (Å²) in [5.41, 5.74) is 0.731. The number of hydrogen-bond acceptors (Lipinski definition) is 5. The summed E-state index contributed by atoms with van der Waals surface area (Å²) in [5.74, 6) is -0.852. The number of likely N-dealkylation sites (N-methyl/N-ethyl adjacent to an activating group) is 1. The molecule has 0 saturated heterocycles. The van der Waals surface area contributed by atoms with Crippen LogP contribution in [0.3, 0.4) is 0 Å². The fourth-order valence-electron chi connectivity index (χ4n) is 3.29. The van der Waals surface area contributed by atoms with E-state index in [2.05, 4.69) is 0 Å². The number of Topliss-reactive ketones (excluding diaryl/α,β-unsaturated/α-hetero) is 1. The molecule has 1 aliphatic rings.